The van der Waals surface area contributed by atoms with Gasteiger partial charge in [0.15, 0.2) is 5.69 Å². The molecule has 180 valence electrons. The van der Waals surface area contributed by atoms with Crippen LogP contribution in [0.1, 0.15) is 48.2 Å². The van der Waals surface area contributed by atoms with Crippen molar-refractivity contribution in [2.45, 2.75) is 45.1 Å². The van der Waals surface area contributed by atoms with Gasteiger partial charge in [0.25, 0.3) is 5.91 Å². The third-order valence-corrected chi connectivity index (χ3v) is 6.43. The first kappa shape index (κ1) is 23.8. The number of nitrogens with zero attached hydrogens (tertiary/aromatic N) is 5. The fourth-order valence-electron chi connectivity index (χ4n) is 4.14. The molecule has 2 aliphatic rings. The van der Waals surface area contributed by atoms with Crippen LogP contribution in [0.5, 0.6) is 0 Å². The minimum absolute atomic E-state index is 0.0158. The van der Waals surface area contributed by atoms with Crippen LogP contribution >= 0.6 is 11.5 Å². The molecule has 11 heteroatoms. The van der Waals surface area contributed by atoms with Crippen LogP contribution in [0, 0.1) is 6.92 Å². The first-order chi connectivity index (χ1) is 16.5. The highest BCUT2D eigenvalue weighted by molar-refractivity contribution is 7.03. The van der Waals surface area contributed by atoms with Crippen molar-refractivity contribution in [1.29, 1.82) is 0 Å². The molecule has 0 bridgehead atoms. The maximum absolute atomic E-state index is 13.3. The summed E-state index contributed by atoms with van der Waals surface area (Å²) in [6, 6.07) is 6.93. The van der Waals surface area contributed by atoms with E-state index >= 15 is 0 Å². The molecule has 0 aliphatic carbocycles. The Hall–Kier alpha value is -3.34. The van der Waals surface area contributed by atoms with Crippen LogP contribution < -0.4 is 10.6 Å². The lowest BCUT2D eigenvalue weighted by Gasteiger charge is -2.25. The molecule has 0 unspecified atom stereocenters. The predicted octanol–water partition coefficient (Wildman–Crippen LogP) is 2.05. The number of aliphatic imine (C=N–C) groups is 1. The zero-order chi connectivity index (χ0) is 23.9. The van der Waals surface area contributed by atoms with Crippen molar-refractivity contribution in [1.82, 2.24) is 24.7 Å². The van der Waals surface area contributed by atoms with Crippen molar-refractivity contribution < 1.29 is 14.4 Å². The van der Waals surface area contributed by atoms with Gasteiger partial charge in [-0.1, -0.05) is 16.6 Å². The van der Waals surface area contributed by atoms with Gasteiger partial charge in [-0.25, -0.2) is 4.99 Å². The van der Waals surface area contributed by atoms with Crippen molar-refractivity contribution in [2.24, 2.45) is 4.99 Å². The topological polar surface area (TPSA) is 120 Å². The third-order valence-electron chi connectivity index (χ3n) is 5.93. The molecule has 0 radical (unpaired) electrons. The number of likely N-dealkylation sites (tertiary alicyclic amines) is 2. The molecular formula is C23H29N7O3S. The van der Waals surface area contributed by atoms with E-state index in [0.717, 1.165) is 61.6 Å². The maximum Gasteiger partial charge on any atom is 0.279 e. The Labute approximate surface area is 202 Å². The number of hydrogen-bond acceptors (Lipinski definition) is 7. The molecule has 0 spiro atoms. The van der Waals surface area contributed by atoms with E-state index in [1.165, 1.54) is 0 Å². The molecule has 2 saturated heterocycles. The van der Waals surface area contributed by atoms with Crippen molar-refractivity contribution in [3.05, 3.63) is 40.9 Å². The summed E-state index contributed by atoms with van der Waals surface area (Å²) < 4.78 is 3.73. The van der Waals surface area contributed by atoms with E-state index in [1.54, 1.807) is 10.3 Å². The quantitative estimate of drug-likeness (QED) is 0.496. The lowest BCUT2D eigenvalue weighted by atomic mass is 10.1. The van der Waals surface area contributed by atoms with E-state index in [2.05, 4.69) is 25.2 Å². The number of aromatic nitrogens is 2. The highest BCUT2D eigenvalue weighted by Crippen LogP contribution is 2.17. The number of carbonyl (C=O) groups is 3. The van der Waals surface area contributed by atoms with Crippen molar-refractivity contribution in [2.75, 3.05) is 31.5 Å². The molecule has 1 aromatic heterocycles. The highest BCUT2D eigenvalue weighted by Gasteiger charge is 2.30. The van der Waals surface area contributed by atoms with Crippen LogP contribution in [0.4, 0.5) is 5.69 Å². The van der Waals surface area contributed by atoms with Crippen molar-refractivity contribution in [3.63, 3.8) is 0 Å². The molecule has 0 saturated carbocycles. The third kappa shape index (κ3) is 6.16. The van der Waals surface area contributed by atoms with Gasteiger partial charge in [0, 0.05) is 30.7 Å². The molecule has 2 fully saturated rings. The van der Waals surface area contributed by atoms with E-state index in [1.807, 2.05) is 36.1 Å². The molecule has 2 aliphatic heterocycles. The molecule has 3 heterocycles. The Morgan fingerprint density at radius 3 is 2.71 bits per heavy atom. The minimum Gasteiger partial charge on any atom is -0.341 e. The van der Waals surface area contributed by atoms with Crippen LogP contribution in [-0.2, 0) is 9.59 Å². The Bertz CT molecular complexity index is 1050. The summed E-state index contributed by atoms with van der Waals surface area (Å²) in [7, 11) is 0. The second-order valence-electron chi connectivity index (χ2n) is 8.58. The average Bonchev–Trinajstić information content (AvgIpc) is 3.52. The van der Waals surface area contributed by atoms with Crippen LogP contribution in [0.25, 0.3) is 0 Å². The molecule has 1 aromatic carbocycles. The number of carbonyl (C=O) groups excluding carboxylic acids is 3. The van der Waals surface area contributed by atoms with E-state index in [9.17, 15) is 14.4 Å². The van der Waals surface area contributed by atoms with Crippen molar-refractivity contribution in [3.8, 4) is 0 Å². The largest absolute Gasteiger partial charge is 0.341 e. The highest BCUT2D eigenvalue weighted by atomic mass is 32.1. The van der Waals surface area contributed by atoms with Gasteiger partial charge in [0.2, 0.25) is 17.8 Å². The predicted molar refractivity (Wildman–Crippen MR) is 130 cm³/mol. The summed E-state index contributed by atoms with van der Waals surface area (Å²) in [5, 5.41) is 11.2. The average molecular weight is 484 g/mol. The Morgan fingerprint density at radius 1 is 1.18 bits per heavy atom. The second kappa shape index (κ2) is 11.2. The number of nitrogens with one attached hydrogen (secondary N) is 2. The standard InChI is InChI=1S/C23H29N7O3S/c1-16-7-6-8-17(13-16)24-23(26-21(32)19-15-34-28-27-19)25-18-9-2-3-12-30(22(18)33)14-20(31)29-10-4-5-11-29/h6-8,13,15,18H,2-5,9-12,14H2,1H3,(H2,24,25,26,32)/t18-/m0/s1. The first-order valence-electron chi connectivity index (χ1n) is 11.6. The lowest BCUT2D eigenvalue weighted by Crippen LogP contribution is -2.45. The summed E-state index contributed by atoms with van der Waals surface area (Å²) in [5.74, 6) is -0.513. The zero-order valence-electron chi connectivity index (χ0n) is 19.2. The molecular weight excluding hydrogens is 454 g/mol. The van der Waals surface area contributed by atoms with Gasteiger partial charge in [-0.15, -0.1) is 5.10 Å². The molecule has 1 atom stereocenters. The summed E-state index contributed by atoms with van der Waals surface area (Å²) in [5.41, 5.74) is 1.95. The lowest BCUT2D eigenvalue weighted by molar-refractivity contribution is -0.140. The second-order valence-corrected chi connectivity index (χ2v) is 9.19. The zero-order valence-corrected chi connectivity index (χ0v) is 20.0. The van der Waals surface area contributed by atoms with E-state index < -0.39 is 11.9 Å². The molecule has 34 heavy (non-hydrogen) atoms. The smallest absolute Gasteiger partial charge is 0.279 e. The fourth-order valence-corrected chi connectivity index (χ4v) is 4.57. The van der Waals surface area contributed by atoms with E-state index in [4.69, 9.17) is 0 Å². The monoisotopic (exact) mass is 483 g/mol. The molecule has 2 aromatic rings. The van der Waals surface area contributed by atoms with Gasteiger partial charge < -0.3 is 15.1 Å². The van der Waals surface area contributed by atoms with Gasteiger partial charge >= 0.3 is 0 Å². The van der Waals surface area contributed by atoms with Gasteiger partial charge in [-0.05, 0) is 68.3 Å². The van der Waals surface area contributed by atoms with Crippen molar-refractivity contribution >= 4 is 40.9 Å². The maximum atomic E-state index is 13.3. The number of guanidine groups is 1. The van der Waals surface area contributed by atoms with Gasteiger partial charge in [0.1, 0.15) is 6.04 Å². The van der Waals surface area contributed by atoms with E-state index in [-0.39, 0.29) is 30.0 Å². The normalized spacial score (nSPS) is 19.1. The van der Waals surface area contributed by atoms with Crippen LogP contribution in [0.2, 0.25) is 0 Å². The molecule has 10 nitrogen and oxygen atoms in total. The Kier molecular flexibility index (Phi) is 7.84. The van der Waals surface area contributed by atoms with E-state index in [0.29, 0.717) is 13.0 Å². The summed E-state index contributed by atoms with van der Waals surface area (Å²) >= 11 is 1.08. The number of hydrogen-bond donors (Lipinski definition) is 2. The fraction of sp³-hybridized carbons (Fsp3) is 0.478. The number of amides is 3. The number of rotatable bonds is 5. The van der Waals surface area contributed by atoms with Crippen LogP contribution in [-0.4, -0.2) is 75.3 Å². The molecule has 4 rings (SSSR count). The summed E-state index contributed by atoms with van der Waals surface area (Å²) in [4.78, 5) is 46.7. The molecule has 3 amide bonds. The first-order valence-corrected chi connectivity index (χ1v) is 12.4. The Morgan fingerprint density at radius 2 is 1.97 bits per heavy atom. The van der Waals surface area contributed by atoms with Crippen LogP contribution in [0.3, 0.4) is 0 Å². The summed E-state index contributed by atoms with van der Waals surface area (Å²) in [6.07, 6.45) is 4.17. The number of anilines is 1. The Balaban J connectivity index is 1.53. The summed E-state index contributed by atoms with van der Waals surface area (Å²) in [6.45, 7) is 4.07. The van der Waals surface area contributed by atoms with Gasteiger partial charge in [0.05, 0.1) is 6.54 Å². The minimum atomic E-state index is -0.699. The van der Waals surface area contributed by atoms with Gasteiger partial charge in [-0.3, -0.25) is 19.7 Å². The SMILES string of the molecule is Cc1cccc(NC(=N[C@H]2CCCCN(CC(=O)N3CCCC3)C2=O)NC(=O)c2csnn2)c1. The molecule has 2 N–H and O–H groups in total. The number of aryl methyl sites for hydroxylation is 1. The van der Waals surface area contributed by atoms with Gasteiger partial charge in [-0.2, -0.15) is 0 Å². The number of benzene rings is 1. The van der Waals surface area contributed by atoms with Crippen LogP contribution in [0.15, 0.2) is 34.6 Å².